The van der Waals surface area contributed by atoms with Crippen LogP contribution < -0.4 is 5.32 Å². The highest BCUT2D eigenvalue weighted by Crippen LogP contribution is 2.24. The Kier molecular flexibility index (Phi) is 6.62. The zero-order valence-corrected chi connectivity index (χ0v) is 18.3. The van der Waals surface area contributed by atoms with Crippen LogP contribution >= 0.6 is 11.6 Å². The molecule has 1 fully saturated rings. The fourth-order valence-corrected chi connectivity index (χ4v) is 5.29. The van der Waals surface area contributed by atoms with Crippen molar-refractivity contribution in [3.8, 4) is 0 Å². The number of sulfonamides is 1. The highest BCUT2D eigenvalue weighted by Gasteiger charge is 2.32. The van der Waals surface area contributed by atoms with E-state index in [1.165, 1.54) is 8.99 Å². The first-order chi connectivity index (χ1) is 13.7. The number of nitrogens with zero attached hydrogens (tertiary/aromatic N) is 3. The Bertz CT molecular complexity index is 982. The fraction of sp³-hybridized carbons (Fsp3) is 0.474. The molecule has 1 saturated heterocycles. The van der Waals surface area contributed by atoms with Gasteiger partial charge >= 0.3 is 0 Å². The molecule has 158 valence electrons. The molecule has 2 aromatic rings. The molecule has 29 heavy (non-hydrogen) atoms. The van der Waals surface area contributed by atoms with Crippen LogP contribution in [-0.4, -0.2) is 54.7 Å². The van der Waals surface area contributed by atoms with E-state index in [9.17, 15) is 13.2 Å². The van der Waals surface area contributed by atoms with Crippen LogP contribution in [0.4, 0.5) is 0 Å². The summed E-state index contributed by atoms with van der Waals surface area (Å²) in [6.45, 7) is 6.48. The number of hydrogen-bond acceptors (Lipinski definition) is 5. The highest BCUT2D eigenvalue weighted by atomic mass is 35.5. The first-order valence-corrected chi connectivity index (χ1v) is 11.2. The lowest BCUT2D eigenvalue weighted by atomic mass is 10.1. The number of hydrogen-bond donors (Lipinski definition) is 1. The van der Waals surface area contributed by atoms with E-state index >= 15 is 0 Å². The molecule has 1 N–H and O–H groups in total. The quantitative estimate of drug-likeness (QED) is 0.742. The van der Waals surface area contributed by atoms with Crippen molar-refractivity contribution in [2.24, 2.45) is 0 Å². The number of amides is 1. The maximum atomic E-state index is 13.0. The molecule has 8 nitrogen and oxygen atoms in total. The summed E-state index contributed by atoms with van der Waals surface area (Å²) in [7, 11) is -3.68. The summed E-state index contributed by atoms with van der Waals surface area (Å²) in [6.07, 6.45) is 0. The molecular weight excluding hydrogens is 416 g/mol. The van der Waals surface area contributed by atoms with Gasteiger partial charge in [0, 0.05) is 18.1 Å². The van der Waals surface area contributed by atoms with Gasteiger partial charge in [-0.1, -0.05) is 23.7 Å². The number of morpholine rings is 1. The zero-order valence-electron chi connectivity index (χ0n) is 16.7. The molecule has 2 heterocycles. The SMILES string of the molecule is Cc1nn(CC(=O)NC(C)c2ccc(Cl)cc2)c(C)c1S(=O)(=O)N1CCOCC1. The van der Waals surface area contributed by atoms with Crippen LogP contribution in [0.3, 0.4) is 0 Å². The Hall–Kier alpha value is -1.94. The lowest BCUT2D eigenvalue weighted by Gasteiger charge is -2.26. The van der Waals surface area contributed by atoms with Gasteiger partial charge in [-0.05, 0) is 38.5 Å². The van der Waals surface area contributed by atoms with Crippen molar-refractivity contribution in [2.75, 3.05) is 26.3 Å². The van der Waals surface area contributed by atoms with E-state index in [2.05, 4.69) is 10.4 Å². The number of benzene rings is 1. The normalized spacial score (nSPS) is 16.6. The number of halogens is 1. The molecule has 1 aromatic carbocycles. The van der Waals surface area contributed by atoms with Crippen molar-refractivity contribution < 1.29 is 17.9 Å². The third kappa shape index (κ3) is 4.80. The van der Waals surface area contributed by atoms with Crippen molar-refractivity contribution in [1.29, 1.82) is 0 Å². The second-order valence-electron chi connectivity index (χ2n) is 7.01. The van der Waals surface area contributed by atoms with E-state index in [0.717, 1.165) is 5.56 Å². The Morgan fingerprint density at radius 3 is 2.48 bits per heavy atom. The molecule has 1 unspecified atom stereocenters. The van der Waals surface area contributed by atoms with Gasteiger partial charge in [0.1, 0.15) is 11.4 Å². The van der Waals surface area contributed by atoms with E-state index in [-0.39, 0.29) is 23.4 Å². The molecule has 0 aliphatic carbocycles. The molecule has 10 heteroatoms. The lowest BCUT2D eigenvalue weighted by Crippen LogP contribution is -2.41. The van der Waals surface area contributed by atoms with Gasteiger partial charge < -0.3 is 10.1 Å². The maximum absolute atomic E-state index is 13.0. The largest absolute Gasteiger partial charge is 0.379 e. The fourth-order valence-electron chi connectivity index (χ4n) is 3.38. The minimum Gasteiger partial charge on any atom is -0.379 e. The third-order valence-electron chi connectivity index (χ3n) is 4.92. The van der Waals surface area contributed by atoms with Crippen LogP contribution in [0.1, 0.15) is 29.9 Å². The van der Waals surface area contributed by atoms with E-state index in [1.54, 1.807) is 26.0 Å². The molecule has 0 bridgehead atoms. The number of nitrogens with one attached hydrogen (secondary N) is 1. The maximum Gasteiger partial charge on any atom is 0.246 e. The molecule has 1 atom stereocenters. The first kappa shape index (κ1) is 21.8. The summed E-state index contributed by atoms with van der Waals surface area (Å²) in [6, 6.07) is 7.02. The van der Waals surface area contributed by atoms with Crippen LogP contribution in [0, 0.1) is 13.8 Å². The Balaban J connectivity index is 1.74. The molecule has 1 amide bonds. The van der Waals surface area contributed by atoms with Crippen molar-refractivity contribution in [3.63, 3.8) is 0 Å². The predicted molar refractivity (Wildman–Crippen MR) is 109 cm³/mol. The van der Waals surface area contributed by atoms with Crippen LogP contribution in [-0.2, 0) is 26.1 Å². The topological polar surface area (TPSA) is 93.5 Å². The molecular formula is C19H25ClN4O4S. The van der Waals surface area contributed by atoms with Gasteiger partial charge in [0.25, 0.3) is 0 Å². The van der Waals surface area contributed by atoms with Crippen molar-refractivity contribution in [3.05, 3.63) is 46.2 Å². The summed E-state index contributed by atoms with van der Waals surface area (Å²) >= 11 is 5.90. The standard InChI is InChI=1S/C19H25ClN4O4S/c1-13(16-4-6-17(20)7-5-16)21-18(25)12-24-15(3)19(14(2)22-24)29(26,27)23-8-10-28-11-9-23/h4-7,13H,8-12H2,1-3H3,(H,21,25). The summed E-state index contributed by atoms with van der Waals surface area (Å²) in [5.74, 6) is -0.256. The number of aromatic nitrogens is 2. The van der Waals surface area contributed by atoms with Gasteiger partial charge in [-0.15, -0.1) is 0 Å². The number of aryl methyl sites for hydroxylation is 1. The second kappa shape index (κ2) is 8.83. The average molecular weight is 441 g/mol. The van der Waals surface area contributed by atoms with Gasteiger partial charge in [0.15, 0.2) is 0 Å². The number of carbonyl (C=O) groups is 1. The summed E-state index contributed by atoms with van der Waals surface area (Å²) in [5, 5.41) is 7.84. The molecule has 1 aromatic heterocycles. The molecule has 0 saturated carbocycles. The molecule has 3 rings (SSSR count). The lowest BCUT2D eigenvalue weighted by molar-refractivity contribution is -0.122. The van der Waals surface area contributed by atoms with Gasteiger partial charge in [-0.3, -0.25) is 9.48 Å². The predicted octanol–water partition coefficient (Wildman–Crippen LogP) is 2.05. The van der Waals surface area contributed by atoms with Crippen molar-refractivity contribution in [1.82, 2.24) is 19.4 Å². The summed E-state index contributed by atoms with van der Waals surface area (Å²) < 4.78 is 34.1. The van der Waals surface area contributed by atoms with Gasteiger partial charge in [0.05, 0.1) is 30.6 Å². The number of carbonyl (C=O) groups excluding carboxylic acids is 1. The van der Waals surface area contributed by atoms with Crippen molar-refractivity contribution >= 4 is 27.5 Å². The van der Waals surface area contributed by atoms with E-state index in [0.29, 0.717) is 42.7 Å². The Morgan fingerprint density at radius 1 is 1.24 bits per heavy atom. The molecule has 0 spiro atoms. The number of rotatable bonds is 6. The Morgan fingerprint density at radius 2 is 1.86 bits per heavy atom. The van der Waals surface area contributed by atoms with Gasteiger partial charge in [-0.25, -0.2) is 8.42 Å². The minimum atomic E-state index is -3.68. The minimum absolute atomic E-state index is 0.0662. The average Bonchev–Trinajstić information content (AvgIpc) is 2.96. The molecule has 0 radical (unpaired) electrons. The van der Waals surface area contributed by atoms with E-state index < -0.39 is 10.0 Å². The summed E-state index contributed by atoms with van der Waals surface area (Å²) in [4.78, 5) is 12.7. The molecule has 1 aliphatic rings. The third-order valence-corrected chi connectivity index (χ3v) is 7.33. The van der Waals surface area contributed by atoms with Crippen LogP contribution in [0.5, 0.6) is 0 Å². The number of ether oxygens (including phenoxy) is 1. The Labute approximate surface area is 175 Å². The highest BCUT2D eigenvalue weighted by molar-refractivity contribution is 7.89. The monoisotopic (exact) mass is 440 g/mol. The van der Waals surface area contributed by atoms with Crippen LogP contribution in [0.2, 0.25) is 5.02 Å². The van der Waals surface area contributed by atoms with E-state index in [1.807, 2.05) is 19.1 Å². The van der Waals surface area contributed by atoms with Crippen molar-refractivity contribution in [2.45, 2.75) is 38.3 Å². The smallest absolute Gasteiger partial charge is 0.246 e. The van der Waals surface area contributed by atoms with Gasteiger partial charge in [0.2, 0.25) is 15.9 Å². The first-order valence-electron chi connectivity index (χ1n) is 9.37. The second-order valence-corrected chi connectivity index (χ2v) is 9.33. The zero-order chi connectivity index (χ0) is 21.2. The van der Waals surface area contributed by atoms with Crippen LogP contribution in [0.25, 0.3) is 0 Å². The summed E-state index contributed by atoms with van der Waals surface area (Å²) in [5.41, 5.74) is 1.75. The molecule has 1 aliphatic heterocycles. The van der Waals surface area contributed by atoms with Crippen LogP contribution in [0.15, 0.2) is 29.2 Å². The van der Waals surface area contributed by atoms with E-state index in [4.69, 9.17) is 16.3 Å². The van der Waals surface area contributed by atoms with Gasteiger partial charge in [-0.2, -0.15) is 9.40 Å².